The molecule has 162 valence electrons. The first-order valence-electron chi connectivity index (χ1n) is 12.3. The van der Waals surface area contributed by atoms with Crippen molar-refractivity contribution in [3.05, 3.63) is 131 Å². The minimum Gasteiger partial charge on any atom is -0.0616 e. The van der Waals surface area contributed by atoms with Crippen molar-refractivity contribution in [2.24, 2.45) is 0 Å². The second-order valence-corrected chi connectivity index (χ2v) is 9.60. The quantitative estimate of drug-likeness (QED) is 0.244. The van der Waals surface area contributed by atoms with E-state index in [1.807, 2.05) is 0 Å². The summed E-state index contributed by atoms with van der Waals surface area (Å²) in [5.74, 6) is 0. The van der Waals surface area contributed by atoms with E-state index in [0.717, 1.165) is 19.3 Å². The number of rotatable bonds is 3. The van der Waals surface area contributed by atoms with Gasteiger partial charge in [-0.25, -0.2) is 0 Å². The average molecular weight is 435 g/mol. The first-order chi connectivity index (χ1) is 16.8. The van der Waals surface area contributed by atoms with E-state index >= 15 is 0 Å². The maximum Gasteiger partial charge on any atom is -0.00131 e. The largest absolute Gasteiger partial charge is 0.0616 e. The fourth-order valence-corrected chi connectivity index (χ4v) is 6.14. The molecular weight excluding hydrogens is 408 g/mol. The van der Waals surface area contributed by atoms with Gasteiger partial charge in [0.1, 0.15) is 0 Å². The smallest absolute Gasteiger partial charge is 0.00131 e. The van der Waals surface area contributed by atoms with Crippen molar-refractivity contribution in [1.82, 2.24) is 0 Å². The topological polar surface area (TPSA) is 0 Å². The normalized spacial score (nSPS) is 12.4. The maximum absolute atomic E-state index is 2.46. The highest BCUT2D eigenvalue weighted by atomic mass is 14.2. The van der Waals surface area contributed by atoms with E-state index in [-0.39, 0.29) is 0 Å². The van der Waals surface area contributed by atoms with Crippen molar-refractivity contribution in [3.63, 3.8) is 0 Å². The van der Waals surface area contributed by atoms with Crippen molar-refractivity contribution in [2.75, 3.05) is 0 Å². The fourth-order valence-electron chi connectivity index (χ4n) is 6.14. The van der Waals surface area contributed by atoms with Crippen molar-refractivity contribution in [3.8, 4) is 11.1 Å². The average Bonchev–Trinajstić information content (AvgIpc) is 3.23. The first kappa shape index (κ1) is 19.6. The molecule has 0 nitrogen and oxygen atoms in total. The van der Waals surface area contributed by atoms with Crippen LogP contribution in [0, 0.1) is 0 Å². The van der Waals surface area contributed by atoms with Gasteiger partial charge in [-0.1, -0.05) is 104 Å². The lowest BCUT2D eigenvalue weighted by atomic mass is 9.87. The van der Waals surface area contributed by atoms with E-state index in [0.29, 0.717) is 0 Å². The molecule has 0 radical (unpaired) electrons. The lowest BCUT2D eigenvalue weighted by Crippen LogP contribution is -1.97. The molecule has 0 fully saturated rings. The molecule has 0 aliphatic heterocycles. The van der Waals surface area contributed by atoms with Gasteiger partial charge in [-0.05, 0) is 96.6 Å². The van der Waals surface area contributed by atoms with E-state index in [1.54, 1.807) is 0 Å². The lowest BCUT2D eigenvalue weighted by molar-refractivity contribution is 1.16. The molecule has 0 aromatic heterocycles. The molecule has 0 atom stereocenters. The van der Waals surface area contributed by atoms with Gasteiger partial charge >= 0.3 is 0 Å². The second-order valence-electron chi connectivity index (χ2n) is 9.60. The van der Waals surface area contributed by atoms with Gasteiger partial charge in [0, 0.05) is 0 Å². The van der Waals surface area contributed by atoms with E-state index < -0.39 is 0 Å². The molecule has 0 amide bonds. The lowest BCUT2D eigenvalue weighted by Gasteiger charge is -2.16. The SMILES string of the molecule is CCc1c2ccccc2c(Cc2ccc3c(c2)Cc2cc4ccccc4cc2-3)c2ccccc12. The zero-order valence-corrected chi connectivity index (χ0v) is 19.4. The van der Waals surface area contributed by atoms with Crippen LogP contribution >= 0.6 is 0 Å². The van der Waals surface area contributed by atoms with Gasteiger partial charge in [-0.2, -0.15) is 0 Å². The fraction of sp³-hybridized carbons (Fsp3) is 0.118. The number of hydrogen-bond acceptors (Lipinski definition) is 0. The summed E-state index contributed by atoms with van der Waals surface area (Å²) in [4.78, 5) is 0. The minimum atomic E-state index is 0.955. The third-order valence-electron chi connectivity index (χ3n) is 7.70. The number of fused-ring (bicyclic) bond motifs is 6. The molecule has 7 rings (SSSR count). The Labute approximate surface area is 200 Å². The van der Waals surface area contributed by atoms with Crippen LogP contribution < -0.4 is 0 Å². The molecular formula is C34H26. The third kappa shape index (κ3) is 2.92. The van der Waals surface area contributed by atoms with Crippen LogP contribution in [0.5, 0.6) is 0 Å². The van der Waals surface area contributed by atoms with Gasteiger partial charge < -0.3 is 0 Å². The minimum absolute atomic E-state index is 0.955. The molecule has 0 bridgehead atoms. The van der Waals surface area contributed by atoms with E-state index in [2.05, 4.69) is 110 Å². The van der Waals surface area contributed by atoms with Gasteiger partial charge in [-0.3, -0.25) is 0 Å². The number of aryl methyl sites for hydroxylation is 1. The predicted molar refractivity (Wildman–Crippen MR) is 146 cm³/mol. The van der Waals surface area contributed by atoms with Crippen LogP contribution in [0.15, 0.2) is 103 Å². The number of hydrogen-bond donors (Lipinski definition) is 0. The molecule has 1 aliphatic carbocycles. The monoisotopic (exact) mass is 434 g/mol. The van der Waals surface area contributed by atoms with Gasteiger partial charge in [-0.15, -0.1) is 0 Å². The molecule has 0 saturated carbocycles. The molecule has 6 aromatic rings. The van der Waals surface area contributed by atoms with Crippen molar-refractivity contribution in [1.29, 1.82) is 0 Å². The van der Waals surface area contributed by atoms with E-state index in [1.165, 1.54) is 71.3 Å². The Bertz CT molecular complexity index is 1680. The van der Waals surface area contributed by atoms with Crippen LogP contribution in [0.3, 0.4) is 0 Å². The van der Waals surface area contributed by atoms with E-state index in [4.69, 9.17) is 0 Å². The highest BCUT2D eigenvalue weighted by Gasteiger charge is 2.20. The van der Waals surface area contributed by atoms with Crippen LogP contribution in [0.2, 0.25) is 0 Å². The second kappa shape index (κ2) is 7.57. The summed E-state index contributed by atoms with van der Waals surface area (Å²) in [6.07, 6.45) is 3.03. The van der Waals surface area contributed by atoms with Gasteiger partial charge in [0.2, 0.25) is 0 Å². The Kier molecular flexibility index (Phi) is 4.35. The van der Waals surface area contributed by atoms with Crippen molar-refractivity contribution >= 4 is 32.3 Å². The van der Waals surface area contributed by atoms with Gasteiger partial charge in [0.25, 0.3) is 0 Å². The molecule has 34 heavy (non-hydrogen) atoms. The maximum atomic E-state index is 2.46. The van der Waals surface area contributed by atoms with Crippen molar-refractivity contribution < 1.29 is 0 Å². The van der Waals surface area contributed by atoms with Crippen molar-refractivity contribution in [2.45, 2.75) is 26.2 Å². The molecule has 0 heteroatoms. The summed E-state index contributed by atoms with van der Waals surface area (Å²) in [5, 5.41) is 8.26. The Balaban J connectivity index is 1.36. The van der Waals surface area contributed by atoms with Crippen LogP contribution in [0.4, 0.5) is 0 Å². The summed E-state index contributed by atoms with van der Waals surface area (Å²) in [6, 6.07) is 38.6. The highest BCUT2D eigenvalue weighted by molar-refractivity contribution is 6.06. The Morgan fingerprint density at radius 2 is 1.09 bits per heavy atom. The van der Waals surface area contributed by atoms with Crippen LogP contribution in [-0.4, -0.2) is 0 Å². The summed E-state index contributed by atoms with van der Waals surface area (Å²) < 4.78 is 0. The predicted octanol–water partition coefficient (Wildman–Crippen LogP) is 8.87. The molecule has 0 unspecified atom stereocenters. The third-order valence-corrected chi connectivity index (χ3v) is 7.70. The summed E-state index contributed by atoms with van der Waals surface area (Å²) in [5.41, 5.74) is 10.0. The standard InChI is InChI=1S/C34H26/c1-2-27-29-11-5-7-13-31(29)34(32-14-8-6-12-30(27)32)18-22-15-16-28-25(17-22)20-26-19-23-9-3-4-10-24(23)21-33(26)28/h3-17,19,21H,2,18,20H2,1H3. The molecule has 0 spiro atoms. The summed E-state index contributed by atoms with van der Waals surface area (Å²) in [7, 11) is 0. The van der Waals surface area contributed by atoms with Gasteiger partial charge in [0.05, 0.1) is 0 Å². The first-order valence-corrected chi connectivity index (χ1v) is 12.3. The molecule has 6 aromatic carbocycles. The van der Waals surface area contributed by atoms with Gasteiger partial charge in [0.15, 0.2) is 0 Å². The van der Waals surface area contributed by atoms with Crippen LogP contribution in [0.1, 0.15) is 34.7 Å². The Morgan fingerprint density at radius 1 is 0.529 bits per heavy atom. The zero-order valence-electron chi connectivity index (χ0n) is 19.4. The Hall–Kier alpha value is -3.90. The van der Waals surface area contributed by atoms with Crippen LogP contribution in [-0.2, 0) is 19.3 Å². The Morgan fingerprint density at radius 3 is 1.74 bits per heavy atom. The summed E-state index contributed by atoms with van der Waals surface area (Å²) >= 11 is 0. The molecule has 0 heterocycles. The zero-order chi connectivity index (χ0) is 22.6. The van der Waals surface area contributed by atoms with Crippen LogP contribution in [0.25, 0.3) is 43.4 Å². The molecule has 0 saturated heterocycles. The molecule has 0 N–H and O–H groups in total. The van der Waals surface area contributed by atoms with E-state index in [9.17, 15) is 0 Å². The summed E-state index contributed by atoms with van der Waals surface area (Å²) in [6.45, 7) is 2.27. The highest BCUT2D eigenvalue weighted by Crippen LogP contribution is 2.40. The molecule has 1 aliphatic rings. The number of benzene rings is 6.